The minimum Gasteiger partial charge on any atom is -0.450 e. The third-order valence-electron chi connectivity index (χ3n) is 4.43. The number of carbonyl (C=O) groups excluding carboxylic acids is 3. The fourth-order valence-electron chi connectivity index (χ4n) is 2.20. The van der Waals surface area contributed by atoms with Crippen molar-refractivity contribution in [2.24, 2.45) is 17.2 Å². The third kappa shape index (κ3) is 63.2. The van der Waals surface area contributed by atoms with Crippen molar-refractivity contribution in [2.45, 2.75) is 117 Å². The van der Waals surface area contributed by atoms with Gasteiger partial charge in [0.25, 0.3) is 0 Å². The number of carbonyl (C=O) groups is 3. The van der Waals surface area contributed by atoms with Gasteiger partial charge in [0.2, 0.25) is 0 Å². The van der Waals surface area contributed by atoms with Crippen LogP contribution in [0.4, 0.5) is 14.4 Å². The molecule has 12 N–H and O–H groups in total. The number of nitrogens with one attached hydrogen (secondary N) is 3. The lowest BCUT2D eigenvalue weighted by molar-refractivity contribution is 0.144. The number of nitrogens with two attached hydrogens (primary N) is 3. The maximum absolute atomic E-state index is 10.9. The Bertz CT molecular complexity index is 685. The molecule has 3 amide bonds. The molecule has 0 aliphatic carbocycles. The molecule has 0 bridgehead atoms. The van der Waals surface area contributed by atoms with Gasteiger partial charge in [-0.15, -0.1) is 0 Å². The summed E-state index contributed by atoms with van der Waals surface area (Å²) in [4.78, 5) is 54.3. The van der Waals surface area contributed by atoms with Gasteiger partial charge in [-0.2, -0.15) is 0 Å². The normalized spacial score (nSPS) is 11.2. The first kappa shape index (κ1) is 48.7. The molecule has 0 aliphatic rings. The third-order valence-corrected chi connectivity index (χ3v) is 4.43. The number of phosphoric acid groups is 1. The fourth-order valence-corrected chi connectivity index (χ4v) is 2.20. The van der Waals surface area contributed by atoms with Gasteiger partial charge in [-0.05, 0) is 80.1 Å². The van der Waals surface area contributed by atoms with Crippen LogP contribution in [0.15, 0.2) is 0 Å². The molecule has 0 aromatic heterocycles. The van der Waals surface area contributed by atoms with Crippen LogP contribution in [0.2, 0.25) is 0 Å². The molecule has 0 rings (SSSR count). The molecule has 0 unspecified atom stereocenters. The second-order valence-corrected chi connectivity index (χ2v) is 12.9. The first-order valence-electron chi connectivity index (χ1n) is 14.7. The van der Waals surface area contributed by atoms with Crippen molar-refractivity contribution < 1.29 is 47.8 Å². The van der Waals surface area contributed by atoms with Crippen LogP contribution in [0.3, 0.4) is 0 Å². The summed E-state index contributed by atoms with van der Waals surface area (Å²) in [5, 5.41) is 7.90. The Kier molecular flexibility index (Phi) is 30.0. The molecule has 16 nitrogen and oxygen atoms in total. The molecular formula is C27H63N6O10P. The van der Waals surface area contributed by atoms with Crippen LogP contribution >= 0.6 is 7.82 Å². The Labute approximate surface area is 264 Å². The molecule has 0 atom stereocenters. The number of ether oxygens (including phenoxy) is 3. The molecule has 0 radical (unpaired) electrons. The molecule has 266 valence electrons. The van der Waals surface area contributed by atoms with Crippen molar-refractivity contribution >= 4 is 26.1 Å². The zero-order valence-electron chi connectivity index (χ0n) is 28.4. The van der Waals surface area contributed by atoms with Crippen molar-refractivity contribution in [1.29, 1.82) is 0 Å². The Hall–Kier alpha value is -2.20. The smallest absolute Gasteiger partial charge is 0.450 e. The lowest BCUT2D eigenvalue weighted by Gasteiger charge is -2.18. The van der Waals surface area contributed by atoms with Crippen molar-refractivity contribution in [3.05, 3.63) is 0 Å². The first-order chi connectivity index (χ1) is 19.9. The molecule has 0 saturated heterocycles. The van der Waals surface area contributed by atoms with Gasteiger partial charge in [0.1, 0.15) is 0 Å². The second kappa shape index (κ2) is 27.1. The van der Waals surface area contributed by atoms with E-state index < -0.39 is 7.82 Å². The maximum Gasteiger partial charge on any atom is 0.466 e. The number of hydrogen-bond donors (Lipinski definition) is 9. The van der Waals surface area contributed by atoms with Crippen LogP contribution in [0.25, 0.3) is 0 Å². The van der Waals surface area contributed by atoms with E-state index in [-0.39, 0.29) is 34.9 Å². The van der Waals surface area contributed by atoms with E-state index in [2.05, 4.69) is 16.0 Å². The summed E-state index contributed by atoms with van der Waals surface area (Å²) in [5.41, 5.74) is 16.5. The van der Waals surface area contributed by atoms with E-state index in [9.17, 15) is 14.4 Å². The summed E-state index contributed by atoms with van der Waals surface area (Å²) < 4.78 is 23.3. The average molecular weight is 663 g/mol. The van der Waals surface area contributed by atoms with Gasteiger partial charge in [-0.1, -0.05) is 20.8 Å². The quantitative estimate of drug-likeness (QED) is 0.0902. The van der Waals surface area contributed by atoms with Crippen LogP contribution in [0.1, 0.15) is 101 Å². The van der Waals surface area contributed by atoms with E-state index >= 15 is 0 Å². The average Bonchev–Trinajstić information content (AvgIpc) is 2.82. The van der Waals surface area contributed by atoms with E-state index in [1.807, 2.05) is 62.3 Å². The highest BCUT2D eigenvalue weighted by Gasteiger charge is 2.12. The van der Waals surface area contributed by atoms with E-state index in [0.29, 0.717) is 39.5 Å². The highest BCUT2D eigenvalue weighted by molar-refractivity contribution is 7.45. The Morgan fingerprint density at radius 2 is 0.750 bits per heavy atom. The van der Waals surface area contributed by atoms with E-state index in [1.54, 1.807) is 0 Å². The predicted octanol–water partition coefficient (Wildman–Crippen LogP) is 2.82. The Balaban J connectivity index is -0.000000253. The number of hydrogen-bond acceptors (Lipinski definition) is 10. The summed E-state index contributed by atoms with van der Waals surface area (Å²) in [6, 6.07) is 0. The topological polar surface area (TPSA) is 271 Å². The van der Waals surface area contributed by atoms with Gasteiger partial charge in [-0.3, -0.25) is 0 Å². The monoisotopic (exact) mass is 662 g/mol. The minimum atomic E-state index is -4.64. The standard InChI is InChI=1S/3C9H20N2O2.H3O4P/c3*1-4-7-13-8(12)11-6-5-9(2,3)10;1-5(2,3)4/h3*4-7,10H2,1-3H3,(H,11,12);(H3,1,2,3,4). The van der Waals surface area contributed by atoms with E-state index in [1.165, 1.54) is 0 Å². The lowest BCUT2D eigenvalue weighted by atomic mass is 10.0. The van der Waals surface area contributed by atoms with Gasteiger partial charge in [-0.25, -0.2) is 18.9 Å². The molecule has 0 aromatic carbocycles. The summed E-state index contributed by atoms with van der Waals surface area (Å²) >= 11 is 0. The highest BCUT2D eigenvalue weighted by atomic mass is 31.2. The molecule has 0 heterocycles. The predicted molar refractivity (Wildman–Crippen MR) is 172 cm³/mol. The number of alkyl carbamates (subject to hydrolysis) is 3. The Morgan fingerprint density at radius 3 is 0.886 bits per heavy atom. The first-order valence-corrected chi connectivity index (χ1v) is 16.3. The van der Waals surface area contributed by atoms with Gasteiger partial charge >= 0.3 is 26.1 Å². The zero-order valence-corrected chi connectivity index (χ0v) is 29.3. The van der Waals surface area contributed by atoms with Crippen molar-refractivity contribution in [1.82, 2.24) is 16.0 Å². The van der Waals surface area contributed by atoms with Crippen LogP contribution in [-0.2, 0) is 18.8 Å². The van der Waals surface area contributed by atoms with Gasteiger partial charge < -0.3 is 62.0 Å². The molecule has 17 heteroatoms. The van der Waals surface area contributed by atoms with Gasteiger partial charge in [0, 0.05) is 36.3 Å². The Morgan fingerprint density at radius 1 is 0.568 bits per heavy atom. The number of rotatable bonds is 15. The largest absolute Gasteiger partial charge is 0.466 e. The highest BCUT2D eigenvalue weighted by Crippen LogP contribution is 2.25. The van der Waals surface area contributed by atoms with Crippen LogP contribution in [0, 0.1) is 0 Å². The fraction of sp³-hybridized carbons (Fsp3) is 0.889. The van der Waals surface area contributed by atoms with Crippen molar-refractivity contribution in [3.8, 4) is 0 Å². The molecule has 0 spiro atoms. The summed E-state index contributed by atoms with van der Waals surface area (Å²) in [6.45, 7) is 20.5. The molecular weight excluding hydrogens is 599 g/mol. The maximum atomic E-state index is 10.9. The second-order valence-electron chi connectivity index (χ2n) is 11.9. The van der Waals surface area contributed by atoms with E-state index in [4.69, 9.17) is 50.7 Å². The molecule has 0 aromatic rings. The van der Waals surface area contributed by atoms with Crippen molar-refractivity contribution in [2.75, 3.05) is 39.5 Å². The lowest BCUT2D eigenvalue weighted by Crippen LogP contribution is -2.37. The van der Waals surface area contributed by atoms with Crippen LogP contribution < -0.4 is 33.2 Å². The summed E-state index contributed by atoms with van der Waals surface area (Å²) in [6.07, 6.45) is 3.70. The van der Waals surface area contributed by atoms with Gasteiger partial charge in [0.05, 0.1) is 19.8 Å². The van der Waals surface area contributed by atoms with Crippen LogP contribution in [0.5, 0.6) is 0 Å². The molecule has 0 saturated carbocycles. The van der Waals surface area contributed by atoms with Crippen molar-refractivity contribution in [3.63, 3.8) is 0 Å². The zero-order chi connectivity index (χ0) is 35.5. The minimum absolute atomic E-state index is 0.238. The number of amides is 3. The SMILES string of the molecule is CCCOC(=O)NCCC(C)(C)N.CCCOC(=O)NCCC(C)(C)N.CCCOC(=O)NCCC(C)(C)N.O=P(O)(O)O. The summed E-state index contributed by atoms with van der Waals surface area (Å²) in [5.74, 6) is 0. The molecule has 44 heavy (non-hydrogen) atoms. The van der Waals surface area contributed by atoms with Gasteiger partial charge in [0.15, 0.2) is 0 Å². The summed E-state index contributed by atoms with van der Waals surface area (Å²) in [7, 11) is -4.64. The molecule has 0 aliphatic heterocycles. The molecule has 0 fully saturated rings. The van der Waals surface area contributed by atoms with Crippen LogP contribution in [-0.4, -0.2) is 89.0 Å². The van der Waals surface area contributed by atoms with E-state index in [0.717, 1.165) is 38.5 Å².